The number of rotatable bonds is 3. The lowest BCUT2D eigenvalue weighted by Gasteiger charge is -2.32. The van der Waals surface area contributed by atoms with Gasteiger partial charge in [0.2, 0.25) is 5.91 Å². The van der Waals surface area contributed by atoms with Crippen molar-refractivity contribution in [3.05, 3.63) is 21.9 Å². The predicted molar refractivity (Wildman–Crippen MR) is 78.1 cm³/mol. The fourth-order valence-corrected chi connectivity index (χ4v) is 2.99. The second kappa shape index (κ2) is 6.88. The van der Waals surface area contributed by atoms with Gasteiger partial charge in [0, 0.05) is 24.5 Å². The number of likely N-dealkylation sites (N-methyl/N-ethyl adjacent to an activating group) is 1. The molecule has 0 saturated carbocycles. The third-order valence-electron chi connectivity index (χ3n) is 3.21. The first-order valence-electron chi connectivity index (χ1n) is 5.96. The van der Waals surface area contributed by atoms with Gasteiger partial charge in [-0.1, -0.05) is 0 Å². The van der Waals surface area contributed by atoms with E-state index in [-0.39, 0.29) is 18.3 Å². The molecule has 2 rings (SSSR count). The molecule has 0 spiro atoms. The number of nitrogens with two attached hydrogens (primary N) is 1. The van der Waals surface area contributed by atoms with Crippen molar-refractivity contribution in [3.8, 4) is 0 Å². The van der Waals surface area contributed by atoms with Crippen molar-refractivity contribution in [2.45, 2.75) is 18.9 Å². The molecule has 2 amide bonds. The molecule has 1 aromatic heterocycles. The highest BCUT2D eigenvalue weighted by molar-refractivity contribution is 7.12. The Balaban J connectivity index is 0.00000180. The molecule has 0 bridgehead atoms. The lowest BCUT2D eigenvalue weighted by atomic mass is 10.1. The van der Waals surface area contributed by atoms with Gasteiger partial charge < -0.3 is 16.0 Å². The van der Waals surface area contributed by atoms with Crippen molar-refractivity contribution < 1.29 is 9.59 Å². The number of carbonyl (C=O) groups is 2. The summed E-state index contributed by atoms with van der Waals surface area (Å²) in [5, 5.41) is 4.83. The molecule has 19 heavy (non-hydrogen) atoms. The first kappa shape index (κ1) is 15.9. The molecular formula is C12H18ClN3O2S. The number of piperidine rings is 1. The highest BCUT2D eigenvalue weighted by atomic mass is 35.5. The zero-order chi connectivity index (χ0) is 13.1. The summed E-state index contributed by atoms with van der Waals surface area (Å²) >= 11 is 1.28. The van der Waals surface area contributed by atoms with Crippen molar-refractivity contribution in [3.63, 3.8) is 0 Å². The number of carbonyl (C=O) groups excluding carboxylic acids is 2. The maximum Gasteiger partial charge on any atom is 0.263 e. The van der Waals surface area contributed by atoms with Crippen LogP contribution in [0, 0.1) is 0 Å². The summed E-state index contributed by atoms with van der Waals surface area (Å²) in [5.41, 5.74) is 5.59. The Kier molecular flexibility index (Phi) is 5.78. The van der Waals surface area contributed by atoms with E-state index in [0.717, 1.165) is 25.9 Å². The van der Waals surface area contributed by atoms with Gasteiger partial charge in [-0.25, -0.2) is 0 Å². The van der Waals surface area contributed by atoms with E-state index in [1.807, 2.05) is 11.9 Å². The van der Waals surface area contributed by atoms with Gasteiger partial charge in [0.15, 0.2) is 0 Å². The standard InChI is InChI=1S/C12H17N3O2S.ClH/c1-14-9-3-2-4-15(6-9)12(17)10-5-8(7-18-10)11(13)16;/h5,7,9,14H,2-4,6H2,1H3,(H2,13,16);1H. The fourth-order valence-electron chi connectivity index (χ4n) is 2.13. The van der Waals surface area contributed by atoms with Crippen molar-refractivity contribution >= 4 is 35.6 Å². The molecule has 2 heterocycles. The quantitative estimate of drug-likeness (QED) is 0.878. The normalized spacial score (nSPS) is 18.8. The molecule has 0 radical (unpaired) electrons. The second-order valence-corrected chi connectivity index (χ2v) is 5.35. The number of amides is 2. The zero-order valence-corrected chi connectivity index (χ0v) is 12.4. The molecule has 1 aromatic rings. The van der Waals surface area contributed by atoms with Gasteiger partial charge in [-0.15, -0.1) is 23.7 Å². The third-order valence-corrected chi connectivity index (χ3v) is 4.13. The van der Waals surface area contributed by atoms with E-state index in [1.54, 1.807) is 11.4 Å². The number of hydrogen-bond acceptors (Lipinski definition) is 4. The molecule has 1 atom stereocenters. The molecule has 0 aliphatic carbocycles. The summed E-state index contributed by atoms with van der Waals surface area (Å²) in [6, 6.07) is 1.94. The van der Waals surface area contributed by atoms with E-state index in [1.165, 1.54) is 11.3 Å². The maximum absolute atomic E-state index is 12.3. The minimum absolute atomic E-state index is 0. The van der Waals surface area contributed by atoms with Gasteiger partial charge in [-0.05, 0) is 26.0 Å². The summed E-state index contributed by atoms with van der Waals surface area (Å²) in [6.07, 6.45) is 2.10. The van der Waals surface area contributed by atoms with Crippen LogP contribution in [0.5, 0.6) is 0 Å². The minimum Gasteiger partial charge on any atom is -0.366 e. The van der Waals surface area contributed by atoms with E-state index < -0.39 is 5.91 Å². The summed E-state index contributed by atoms with van der Waals surface area (Å²) < 4.78 is 0. The molecular weight excluding hydrogens is 286 g/mol. The second-order valence-electron chi connectivity index (χ2n) is 4.44. The molecule has 1 unspecified atom stereocenters. The van der Waals surface area contributed by atoms with Crippen LogP contribution in [0.25, 0.3) is 0 Å². The van der Waals surface area contributed by atoms with Crippen LogP contribution in [-0.4, -0.2) is 42.9 Å². The predicted octanol–water partition coefficient (Wildman–Crippen LogP) is 1.09. The Labute approximate surface area is 122 Å². The van der Waals surface area contributed by atoms with Crippen LogP contribution in [0.3, 0.4) is 0 Å². The summed E-state index contributed by atoms with van der Waals surface area (Å²) in [7, 11) is 1.91. The van der Waals surface area contributed by atoms with E-state index in [2.05, 4.69) is 5.32 Å². The smallest absolute Gasteiger partial charge is 0.263 e. The van der Waals surface area contributed by atoms with Crippen molar-refractivity contribution in [2.24, 2.45) is 5.73 Å². The van der Waals surface area contributed by atoms with Gasteiger partial charge in [0.1, 0.15) is 0 Å². The maximum atomic E-state index is 12.3. The van der Waals surface area contributed by atoms with Gasteiger partial charge in [-0.2, -0.15) is 0 Å². The lowest BCUT2D eigenvalue weighted by Crippen LogP contribution is -2.46. The highest BCUT2D eigenvalue weighted by Crippen LogP contribution is 2.19. The highest BCUT2D eigenvalue weighted by Gasteiger charge is 2.24. The van der Waals surface area contributed by atoms with E-state index in [4.69, 9.17) is 5.73 Å². The topological polar surface area (TPSA) is 75.4 Å². The van der Waals surface area contributed by atoms with Gasteiger partial charge in [0.05, 0.1) is 10.4 Å². The molecule has 1 saturated heterocycles. The van der Waals surface area contributed by atoms with E-state index >= 15 is 0 Å². The lowest BCUT2D eigenvalue weighted by molar-refractivity contribution is 0.0703. The SMILES string of the molecule is CNC1CCCN(C(=O)c2cc(C(N)=O)cs2)C1.Cl. The summed E-state index contributed by atoms with van der Waals surface area (Å²) in [4.78, 5) is 25.7. The Morgan fingerprint density at radius 1 is 1.53 bits per heavy atom. The van der Waals surface area contributed by atoms with Gasteiger partial charge >= 0.3 is 0 Å². The molecule has 5 nitrogen and oxygen atoms in total. The molecule has 1 fully saturated rings. The van der Waals surface area contributed by atoms with Gasteiger partial charge in [-0.3, -0.25) is 9.59 Å². The Bertz CT molecular complexity index is 464. The molecule has 1 aliphatic heterocycles. The van der Waals surface area contributed by atoms with Gasteiger partial charge in [0.25, 0.3) is 5.91 Å². The number of nitrogens with zero attached hydrogens (tertiary/aromatic N) is 1. The minimum atomic E-state index is -0.489. The molecule has 1 aliphatic rings. The Hall–Kier alpha value is -1.11. The third kappa shape index (κ3) is 3.68. The number of halogens is 1. The number of primary amides is 1. The van der Waals surface area contributed by atoms with E-state index in [9.17, 15) is 9.59 Å². The Morgan fingerprint density at radius 3 is 2.84 bits per heavy atom. The average Bonchev–Trinajstić information content (AvgIpc) is 2.87. The van der Waals surface area contributed by atoms with Crippen LogP contribution >= 0.6 is 23.7 Å². The molecule has 7 heteroatoms. The average molecular weight is 304 g/mol. The number of likely N-dealkylation sites (tertiary alicyclic amines) is 1. The van der Waals surface area contributed by atoms with Crippen molar-refractivity contribution in [1.29, 1.82) is 0 Å². The first-order chi connectivity index (χ1) is 8.61. The van der Waals surface area contributed by atoms with Crippen LogP contribution < -0.4 is 11.1 Å². The van der Waals surface area contributed by atoms with Crippen LogP contribution in [0.15, 0.2) is 11.4 Å². The fraction of sp³-hybridized carbons (Fsp3) is 0.500. The number of hydrogen-bond donors (Lipinski definition) is 2. The molecule has 106 valence electrons. The number of nitrogens with one attached hydrogen (secondary N) is 1. The molecule has 3 N–H and O–H groups in total. The summed E-state index contributed by atoms with van der Waals surface area (Å²) in [6.45, 7) is 1.50. The van der Waals surface area contributed by atoms with Crippen molar-refractivity contribution in [1.82, 2.24) is 10.2 Å². The Morgan fingerprint density at radius 2 is 2.26 bits per heavy atom. The zero-order valence-electron chi connectivity index (χ0n) is 10.7. The van der Waals surface area contributed by atoms with Crippen LogP contribution in [0.1, 0.15) is 32.9 Å². The molecule has 0 aromatic carbocycles. The number of thiophene rings is 1. The van der Waals surface area contributed by atoms with Crippen LogP contribution in [0.2, 0.25) is 0 Å². The monoisotopic (exact) mass is 303 g/mol. The first-order valence-corrected chi connectivity index (χ1v) is 6.84. The van der Waals surface area contributed by atoms with Crippen LogP contribution in [0.4, 0.5) is 0 Å². The summed E-state index contributed by atoms with van der Waals surface area (Å²) in [5.74, 6) is -0.496. The largest absolute Gasteiger partial charge is 0.366 e. The van der Waals surface area contributed by atoms with Crippen LogP contribution in [-0.2, 0) is 0 Å². The van der Waals surface area contributed by atoms with E-state index in [0.29, 0.717) is 16.5 Å². The van der Waals surface area contributed by atoms with Crippen molar-refractivity contribution in [2.75, 3.05) is 20.1 Å².